The van der Waals surface area contributed by atoms with Gasteiger partial charge in [-0.1, -0.05) is 88.0 Å². The Kier molecular flexibility index (Phi) is 14.6. The molecule has 0 radical (unpaired) electrons. The van der Waals surface area contributed by atoms with Crippen molar-refractivity contribution in [1.29, 1.82) is 0 Å². The minimum atomic E-state index is 0.863. The highest BCUT2D eigenvalue weighted by atomic mass is 14.3. The van der Waals surface area contributed by atoms with Gasteiger partial charge in [-0.3, -0.25) is 0 Å². The Morgan fingerprint density at radius 3 is 1.79 bits per heavy atom. The van der Waals surface area contributed by atoms with Crippen molar-refractivity contribution in [2.75, 3.05) is 0 Å². The summed E-state index contributed by atoms with van der Waals surface area (Å²) in [6, 6.07) is 0. The highest BCUT2D eigenvalue weighted by molar-refractivity contribution is 4.78. The van der Waals surface area contributed by atoms with E-state index >= 15 is 0 Å². The summed E-state index contributed by atoms with van der Waals surface area (Å²) in [5, 5.41) is 0. The van der Waals surface area contributed by atoms with E-state index in [0.29, 0.717) is 0 Å². The molecule has 1 rings (SSSR count). The van der Waals surface area contributed by atoms with E-state index in [1.807, 2.05) is 27.7 Å². The monoisotopic (exact) mass is 270 g/mol. The Morgan fingerprint density at radius 1 is 0.947 bits per heavy atom. The maximum absolute atomic E-state index is 2.49. The van der Waals surface area contributed by atoms with Crippen LogP contribution in [0.1, 0.15) is 94.4 Å². The summed E-state index contributed by atoms with van der Waals surface area (Å²) in [6.45, 7) is 20.1. The van der Waals surface area contributed by atoms with E-state index in [-0.39, 0.29) is 0 Å². The first-order valence-electron chi connectivity index (χ1n) is 9.06. The lowest BCUT2D eigenvalue weighted by molar-refractivity contribution is 0.206. The summed E-state index contributed by atoms with van der Waals surface area (Å²) in [6.07, 6.45) is 7.31. The van der Waals surface area contributed by atoms with Crippen molar-refractivity contribution in [2.24, 2.45) is 29.6 Å². The molecule has 19 heavy (non-hydrogen) atoms. The van der Waals surface area contributed by atoms with Crippen LogP contribution in [0.5, 0.6) is 0 Å². The van der Waals surface area contributed by atoms with Crippen molar-refractivity contribution in [3.63, 3.8) is 0 Å². The molecule has 0 aliphatic heterocycles. The largest absolute Gasteiger partial charge is 0.0683 e. The van der Waals surface area contributed by atoms with Gasteiger partial charge in [0.15, 0.2) is 0 Å². The summed E-state index contributed by atoms with van der Waals surface area (Å²) in [7, 11) is 0. The van der Waals surface area contributed by atoms with Crippen LogP contribution in [0.3, 0.4) is 0 Å². The molecule has 0 bridgehead atoms. The van der Waals surface area contributed by atoms with Gasteiger partial charge in [0.1, 0.15) is 0 Å². The molecule has 0 heterocycles. The number of hydrogen-bond donors (Lipinski definition) is 0. The molecule has 0 spiro atoms. The molecule has 4 atom stereocenters. The standard InChI is InChI=1S/C15H30.2C2H6/c1-6-15(11(2)3)13(5)10-14-9-7-8-12(14)4;2*1-2/h11-15H,6-10H2,1-5H3;2*1-2H3. The van der Waals surface area contributed by atoms with E-state index in [9.17, 15) is 0 Å². The fraction of sp³-hybridized carbons (Fsp3) is 1.00. The van der Waals surface area contributed by atoms with E-state index in [2.05, 4.69) is 34.6 Å². The van der Waals surface area contributed by atoms with Gasteiger partial charge in [0.05, 0.1) is 0 Å². The van der Waals surface area contributed by atoms with Crippen LogP contribution in [0.4, 0.5) is 0 Å². The van der Waals surface area contributed by atoms with Crippen molar-refractivity contribution < 1.29 is 0 Å². The topological polar surface area (TPSA) is 0 Å². The molecule has 0 heteroatoms. The van der Waals surface area contributed by atoms with Crippen LogP contribution in [0.15, 0.2) is 0 Å². The molecule has 1 aliphatic carbocycles. The third-order valence-electron chi connectivity index (χ3n) is 4.77. The number of rotatable bonds is 5. The molecule has 1 saturated carbocycles. The van der Waals surface area contributed by atoms with Gasteiger partial charge in [0.2, 0.25) is 0 Å². The maximum Gasteiger partial charge on any atom is -0.0368 e. The smallest absolute Gasteiger partial charge is 0.0368 e. The minimum Gasteiger partial charge on any atom is -0.0683 e. The van der Waals surface area contributed by atoms with Crippen LogP contribution in [-0.2, 0) is 0 Å². The first-order chi connectivity index (χ1) is 9.06. The summed E-state index contributed by atoms with van der Waals surface area (Å²) in [5.41, 5.74) is 0. The predicted octanol–water partition coefficient (Wildman–Crippen LogP) is 7.18. The fourth-order valence-electron chi connectivity index (χ4n) is 3.76. The van der Waals surface area contributed by atoms with E-state index in [1.54, 1.807) is 0 Å². The molecule has 0 amide bonds. The second-order valence-electron chi connectivity index (χ2n) is 6.20. The van der Waals surface area contributed by atoms with E-state index < -0.39 is 0 Å². The molecule has 118 valence electrons. The van der Waals surface area contributed by atoms with Crippen molar-refractivity contribution in [3.8, 4) is 0 Å². The summed E-state index contributed by atoms with van der Waals surface area (Å²) < 4.78 is 0. The Morgan fingerprint density at radius 2 is 1.47 bits per heavy atom. The molecular formula is C19H42. The van der Waals surface area contributed by atoms with Crippen LogP contribution in [0.25, 0.3) is 0 Å². The third kappa shape index (κ3) is 8.00. The molecule has 0 aromatic rings. The van der Waals surface area contributed by atoms with Gasteiger partial charge in [0, 0.05) is 0 Å². The van der Waals surface area contributed by atoms with Crippen LogP contribution >= 0.6 is 0 Å². The minimum absolute atomic E-state index is 0.863. The van der Waals surface area contributed by atoms with E-state index in [4.69, 9.17) is 0 Å². The van der Waals surface area contributed by atoms with E-state index in [0.717, 1.165) is 29.6 Å². The van der Waals surface area contributed by atoms with Gasteiger partial charge >= 0.3 is 0 Å². The SMILES string of the molecule is CC.CC.CCC(C(C)C)C(C)CC1CCCC1C. The zero-order valence-corrected chi connectivity index (χ0v) is 15.4. The van der Waals surface area contributed by atoms with E-state index in [1.165, 1.54) is 32.1 Å². The molecule has 0 aromatic heterocycles. The summed E-state index contributed by atoms with van der Waals surface area (Å²) in [5.74, 6) is 4.77. The second kappa shape index (κ2) is 13.0. The molecule has 0 N–H and O–H groups in total. The molecular weight excluding hydrogens is 228 g/mol. The molecule has 1 fully saturated rings. The van der Waals surface area contributed by atoms with Crippen LogP contribution in [0, 0.1) is 29.6 Å². The lowest BCUT2D eigenvalue weighted by atomic mass is 9.76. The van der Waals surface area contributed by atoms with Crippen molar-refractivity contribution in [3.05, 3.63) is 0 Å². The highest BCUT2D eigenvalue weighted by Crippen LogP contribution is 2.38. The zero-order valence-electron chi connectivity index (χ0n) is 15.4. The first kappa shape index (κ1) is 21.3. The highest BCUT2D eigenvalue weighted by Gasteiger charge is 2.28. The normalized spacial score (nSPS) is 24.9. The quantitative estimate of drug-likeness (QED) is 0.496. The van der Waals surface area contributed by atoms with Crippen LogP contribution in [0.2, 0.25) is 0 Å². The van der Waals surface area contributed by atoms with Gasteiger partial charge in [-0.2, -0.15) is 0 Å². The van der Waals surface area contributed by atoms with Gasteiger partial charge in [-0.05, 0) is 36.0 Å². The van der Waals surface area contributed by atoms with Gasteiger partial charge in [-0.25, -0.2) is 0 Å². The van der Waals surface area contributed by atoms with Crippen molar-refractivity contribution in [1.82, 2.24) is 0 Å². The van der Waals surface area contributed by atoms with Gasteiger partial charge in [-0.15, -0.1) is 0 Å². The van der Waals surface area contributed by atoms with Crippen LogP contribution in [-0.4, -0.2) is 0 Å². The molecule has 0 nitrogen and oxygen atoms in total. The first-order valence-corrected chi connectivity index (χ1v) is 9.06. The fourth-order valence-corrected chi connectivity index (χ4v) is 3.76. The Bertz CT molecular complexity index is 171. The Hall–Kier alpha value is 0. The van der Waals surface area contributed by atoms with Gasteiger partial charge < -0.3 is 0 Å². The molecule has 0 saturated heterocycles. The van der Waals surface area contributed by atoms with Crippen molar-refractivity contribution >= 4 is 0 Å². The average Bonchev–Trinajstić information content (AvgIpc) is 2.80. The second-order valence-corrected chi connectivity index (χ2v) is 6.20. The molecule has 0 aromatic carbocycles. The third-order valence-corrected chi connectivity index (χ3v) is 4.77. The zero-order chi connectivity index (χ0) is 15.4. The lowest BCUT2D eigenvalue weighted by Crippen LogP contribution is -2.20. The average molecular weight is 271 g/mol. The summed E-state index contributed by atoms with van der Waals surface area (Å²) in [4.78, 5) is 0. The Labute approximate surface area is 124 Å². The summed E-state index contributed by atoms with van der Waals surface area (Å²) >= 11 is 0. The Balaban J connectivity index is 0. The predicted molar refractivity (Wildman–Crippen MR) is 91.6 cm³/mol. The number of hydrogen-bond acceptors (Lipinski definition) is 0. The molecule has 1 aliphatic rings. The molecule has 4 unspecified atom stereocenters. The van der Waals surface area contributed by atoms with Crippen molar-refractivity contribution in [2.45, 2.75) is 94.4 Å². The maximum atomic E-state index is 2.49. The lowest BCUT2D eigenvalue weighted by Gasteiger charge is -2.29. The van der Waals surface area contributed by atoms with Gasteiger partial charge in [0.25, 0.3) is 0 Å². The van der Waals surface area contributed by atoms with Crippen LogP contribution < -0.4 is 0 Å².